The molecule has 1 saturated carbocycles. The molecule has 1 saturated heterocycles. The van der Waals surface area contributed by atoms with Crippen LogP contribution in [0.2, 0.25) is 0 Å². The predicted molar refractivity (Wildman–Crippen MR) is 63.6 cm³/mol. The molecule has 1 heteroatoms. The third kappa shape index (κ3) is 2.73. The summed E-state index contributed by atoms with van der Waals surface area (Å²) in [6.45, 7) is 10.3. The third-order valence-corrected chi connectivity index (χ3v) is 3.88. The summed E-state index contributed by atoms with van der Waals surface area (Å²) in [5.74, 6) is 0. The van der Waals surface area contributed by atoms with Crippen molar-refractivity contribution in [3.05, 3.63) is 0 Å². The number of hydrogen-bond donors (Lipinski definition) is 0. The van der Waals surface area contributed by atoms with Gasteiger partial charge in [-0.3, -0.25) is 0 Å². The van der Waals surface area contributed by atoms with E-state index in [0.29, 0.717) is 0 Å². The van der Waals surface area contributed by atoms with Gasteiger partial charge in [-0.2, -0.15) is 0 Å². The molecule has 14 heavy (non-hydrogen) atoms. The van der Waals surface area contributed by atoms with Crippen molar-refractivity contribution in [3.8, 4) is 0 Å². The van der Waals surface area contributed by atoms with E-state index in [2.05, 4.69) is 11.8 Å². The molecule has 0 bridgehead atoms. The highest BCUT2D eigenvalue weighted by Crippen LogP contribution is 2.43. The second kappa shape index (κ2) is 5.75. The Kier molecular flexibility index (Phi) is 4.94. The first kappa shape index (κ1) is 12.0. The van der Waals surface area contributed by atoms with Crippen molar-refractivity contribution in [1.82, 2.24) is 4.90 Å². The average molecular weight is 197 g/mol. The van der Waals surface area contributed by atoms with E-state index in [1.54, 1.807) is 0 Å². The molecule has 2 aliphatic rings. The Morgan fingerprint density at radius 3 is 2.14 bits per heavy atom. The number of rotatable bonds is 1. The summed E-state index contributed by atoms with van der Waals surface area (Å²) in [4.78, 5) is 2.63. The normalized spacial score (nSPS) is 25.9. The molecular formula is C13H27N. The summed E-state index contributed by atoms with van der Waals surface area (Å²) in [6, 6.07) is 0. The molecular weight excluding hydrogens is 170 g/mol. The van der Waals surface area contributed by atoms with E-state index in [1.165, 1.54) is 58.2 Å². The van der Waals surface area contributed by atoms with Crippen LogP contribution in [-0.2, 0) is 0 Å². The van der Waals surface area contributed by atoms with Crippen LogP contribution in [0, 0.1) is 5.41 Å². The van der Waals surface area contributed by atoms with Gasteiger partial charge in [0.2, 0.25) is 0 Å². The Labute approximate surface area is 89.9 Å². The van der Waals surface area contributed by atoms with Gasteiger partial charge >= 0.3 is 0 Å². The fourth-order valence-corrected chi connectivity index (χ4v) is 3.01. The van der Waals surface area contributed by atoms with Crippen LogP contribution in [-0.4, -0.2) is 24.5 Å². The van der Waals surface area contributed by atoms with Gasteiger partial charge in [-0.05, 0) is 37.8 Å². The van der Waals surface area contributed by atoms with Crippen LogP contribution in [0.15, 0.2) is 0 Å². The molecule has 0 aromatic heterocycles. The minimum Gasteiger partial charge on any atom is -0.303 e. The standard InChI is InChI=1S/C11H21N.C2H6/c1-2-12-9-8-11(10-12)6-4-3-5-7-11;1-2/h2-10H2,1H3;1-2H3. The number of likely N-dealkylation sites (tertiary alicyclic amines) is 1. The molecule has 0 radical (unpaired) electrons. The van der Waals surface area contributed by atoms with Gasteiger partial charge < -0.3 is 4.90 Å². The first-order valence-corrected chi connectivity index (χ1v) is 6.57. The summed E-state index contributed by atoms with van der Waals surface area (Å²) in [6.07, 6.45) is 9.01. The Morgan fingerprint density at radius 1 is 1.00 bits per heavy atom. The topological polar surface area (TPSA) is 3.24 Å². The van der Waals surface area contributed by atoms with Crippen LogP contribution < -0.4 is 0 Å². The second-order valence-electron chi connectivity index (χ2n) is 4.68. The van der Waals surface area contributed by atoms with Gasteiger partial charge in [0.1, 0.15) is 0 Å². The van der Waals surface area contributed by atoms with Crippen molar-refractivity contribution in [2.45, 2.75) is 59.3 Å². The van der Waals surface area contributed by atoms with Gasteiger partial charge in [0.25, 0.3) is 0 Å². The van der Waals surface area contributed by atoms with Crippen molar-refractivity contribution in [3.63, 3.8) is 0 Å². The van der Waals surface area contributed by atoms with E-state index in [0.717, 1.165) is 5.41 Å². The molecule has 0 N–H and O–H groups in total. The Bertz CT molecular complexity index is 147. The summed E-state index contributed by atoms with van der Waals surface area (Å²) < 4.78 is 0. The van der Waals surface area contributed by atoms with Gasteiger partial charge in [0.05, 0.1) is 0 Å². The monoisotopic (exact) mass is 197 g/mol. The molecule has 1 spiro atoms. The van der Waals surface area contributed by atoms with Gasteiger partial charge in [-0.15, -0.1) is 0 Å². The molecule has 84 valence electrons. The maximum atomic E-state index is 2.63. The van der Waals surface area contributed by atoms with Crippen LogP contribution in [0.25, 0.3) is 0 Å². The molecule has 0 atom stereocenters. The molecule has 0 unspecified atom stereocenters. The zero-order chi connectivity index (χ0) is 10.4. The largest absolute Gasteiger partial charge is 0.303 e. The molecule has 0 amide bonds. The Hall–Kier alpha value is -0.0400. The van der Waals surface area contributed by atoms with Crippen molar-refractivity contribution in [2.75, 3.05) is 19.6 Å². The quantitative estimate of drug-likeness (QED) is 0.619. The fraction of sp³-hybridized carbons (Fsp3) is 1.00. The van der Waals surface area contributed by atoms with E-state index >= 15 is 0 Å². The predicted octanol–water partition coefficient (Wildman–Crippen LogP) is 3.69. The second-order valence-corrected chi connectivity index (χ2v) is 4.68. The molecule has 1 nitrogen and oxygen atoms in total. The molecule has 1 aliphatic heterocycles. The Balaban J connectivity index is 0.000000461. The smallest absolute Gasteiger partial charge is 0.00383 e. The molecule has 2 rings (SSSR count). The highest BCUT2D eigenvalue weighted by atomic mass is 15.1. The van der Waals surface area contributed by atoms with E-state index in [9.17, 15) is 0 Å². The van der Waals surface area contributed by atoms with Gasteiger partial charge in [0.15, 0.2) is 0 Å². The highest BCUT2D eigenvalue weighted by Gasteiger charge is 2.37. The van der Waals surface area contributed by atoms with Crippen molar-refractivity contribution >= 4 is 0 Å². The van der Waals surface area contributed by atoms with E-state index in [4.69, 9.17) is 0 Å². The van der Waals surface area contributed by atoms with E-state index < -0.39 is 0 Å². The van der Waals surface area contributed by atoms with Crippen LogP contribution >= 0.6 is 0 Å². The molecule has 1 heterocycles. The summed E-state index contributed by atoms with van der Waals surface area (Å²) in [5, 5.41) is 0. The first-order chi connectivity index (χ1) is 6.85. The maximum Gasteiger partial charge on any atom is 0.00383 e. The minimum absolute atomic E-state index is 0.772. The van der Waals surface area contributed by atoms with Crippen LogP contribution in [0.4, 0.5) is 0 Å². The molecule has 0 aromatic carbocycles. The third-order valence-electron chi connectivity index (χ3n) is 3.88. The van der Waals surface area contributed by atoms with Crippen molar-refractivity contribution in [2.24, 2.45) is 5.41 Å². The highest BCUT2D eigenvalue weighted by molar-refractivity contribution is 4.91. The molecule has 2 fully saturated rings. The van der Waals surface area contributed by atoms with E-state index in [1.807, 2.05) is 13.8 Å². The Morgan fingerprint density at radius 2 is 1.64 bits per heavy atom. The van der Waals surface area contributed by atoms with E-state index in [-0.39, 0.29) is 0 Å². The van der Waals surface area contributed by atoms with Crippen LogP contribution in [0.1, 0.15) is 59.3 Å². The summed E-state index contributed by atoms with van der Waals surface area (Å²) in [7, 11) is 0. The molecule has 1 aliphatic carbocycles. The summed E-state index contributed by atoms with van der Waals surface area (Å²) >= 11 is 0. The van der Waals surface area contributed by atoms with Gasteiger partial charge in [-0.1, -0.05) is 40.0 Å². The zero-order valence-electron chi connectivity index (χ0n) is 10.3. The lowest BCUT2D eigenvalue weighted by atomic mass is 9.73. The van der Waals surface area contributed by atoms with Crippen molar-refractivity contribution in [1.29, 1.82) is 0 Å². The zero-order valence-corrected chi connectivity index (χ0v) is 10.3. The lowest BCUT2D eigenvalue weighted by Crippen LogP contribution is -2.29. The number of nitrogens with zero attached hydrogens (tertiary/aromatic N) is 1. The van der Waals surface area contributed by atoms with Crippen molar-refractivity contribution < 1.29 is 0 Å². The minimum atomic E-state index is 0.772. The first-order valence-electron chi connectivity index (χ1n) is 6.57. The lowest BCUT2D eigenvalue weighted by Gasteiger charge is -2.33. The molecule has 0 aromatic rings. The summed E-state index contributed by atoms with van der Waals surface area (Å²) in [5.41, 5.74) is 0.772. The van der Waals surface area contributed by atoms with Gasteiger partial charge in [0, 0.05) is 6.54 Å². The maximum absolute atomic E-state index is 2.63. The average Bonchev–Trinajstić information content (AvgIpc) is 2.66. The fourth-order valence-electron chi connectivity index (χ4n) is 3.01. The SMILES string of the molecule is CC.CCN1CCC2(CCCCC2)C1. The van der Waals surface area contributed by atoms with Gasteiger partial charge in [-0.25, -0.2) is 0 Å². The van der Waals surface area contributed by atoms with Crippen LogP contribution in [0.3, 0.4) is 0 Å². The lowest BCUT2D eigenvalue weighted by molar-refractivity contribution is 0.188. The number of hydrogen-bond acceptors (Lipinski definition) is 1. The van der Waals surface area contributed by atoms with Crippen LogP contribution in [0.5, 0.6) is 0 Å².